The van der Waals surface area contributed by atoms with E-state index in [0.717, 1.165) is 36.6 Å². The molecule has 0 saturated carbocycles. The zero-order valence-corrected chi connectivity index (χ0v) is 16.5. The van der Waals surface area contributed by atoms with Gasteiger partial charge in [-0.05, 0) is 68.6 Å². The highest BCUT2D eigenvalue weighted by molar-refractivity contribution is 5.95. The van der Waals surface area contributed by atoms with Crippen molar-refractivity contribution < 1.29 is 9.53 Å². The third-order valence-corrected chi connectivity index (χ3v) is 7.04. The molecule has 0 aliphatic carbocycles. The van der Waals surface area contributed by atoms with Crippen LogP contribution in [0.4, 0.5) is 0 Å². The molecule has 4 saturated heterocycles. The average Bonchev–Trinajstić information content (AvgIpc) is 3.17. The number of carbonyl (C=O) groups excluding carboxylic acids is 1. The Labute approximate surface area is 166 Å². The van der Waals surface area contributed by atoms with E-state index < -0.39 is 0 Å². The largest absolute Gasteiger partial charge is 0.497 e. The number of likely N-dealkylation sites (tertiary alicyclic amines) is 1. The summed E-state index contributed by atoms with van der Waals surface area (Å²) in [6, 6.07) is 12.9. The minimum Gasteiger partial charge on any atom is -0.497 e. The summed E-state index contributed by atoms with van der Waals surface area (Å²) in [5, 5.41) is 0. The van der Waals surface area contributed by atoms with Crippen molar-refractivity contribution in [3.8, 4) is 5.75 Å². The van der Waals surface area contributed by atoms with Crippen molar-refractivity contribution >= 4 is 5.91 Å². The van der Waals surface area contributed by atoms with Crippen molar-refractivity contribution in [1.29, 1.82) is 0 Å². The SMILES string of the molecule is COc1ccc([C@@H]2CN(C(=O)c3cccnc3C)[C@@H]3C4CCN(CC4)[C@@H]32)cc1. The lowest BCUT2D eigenvalue weighted by Crippen LogP contribution is -2.60. The Morgan fingerprint density at radius 1 is 1.11 bits per heavy atom. The minimum absolute atomic E-state index is 0.144. The molecule has 1 aromatic heterocycles. The number of aromatic nitrogens is 1. The summed E-state index contributed by atoms with van der Waals surface area (Å²) in [5.41, 5.74) is 2.87. The molecular weight excluding hydrogens is 350 g/mol. The van der Waals surface area contributed by atoms with Crippen LogP contribution < -0.4 is 4.74 Å². The van der Waals surface area contributed by atoms with Crippen molar-refractivity contribution in [2.75, 3.05) is 26.7 Å². The van der Waals surface area contributed by atoms with Crippen LogP contribution in [-0.2, 0) is 0 Å². The summed E-state index contributed by atoms with van der Waals surface area (Å²) in [6.07, 6.45) is 4.16. The van der Waals surface area contributed by atoms with Crippen LogP contribution in [0.25, 0.3) is 0 Å². The first-order valence-corrected chi connectivity index (χ1v) is 10.3. The molecule has 28 heavy (non-hydrogen) atoms. The fourth-order valence-corrected chi connectivity index (χ4v) is 5.66. The van der Waals surface area contributed by atoms with Gasteiger partial charge in [-0.25, -0.2) is 0 Å². The third-order valence-electron chi connectivity index (χ3n) is 7.04. The summed E-state index contributed by atoms with van der Waals surface area (Å²) in [5.74, 6) is 1.98. The van der Waals surface area contributed by atoms with Crippen LogP contribution in [0.3, 0.4) is 0 Å². The summed E-state index contributed by atoms with van der Waals surface area (Å²) in [7, 11) is 1.70. The number of carbonyl (C=O) groups is 1. The molecule has 6 rings (SSSR count). The van der Waals surface area contributed by atoms with Gasteiger partial charge in [0, 0.05) is 30.4 Å². The highest BCUT2D eigenvalue weighted by atomic mass is 16.5. The Morgan fingerprint density at radius 3 is 2.54 bits per heavy atom. The molecule has 1 amide bonds. The first kappa shape index (κ1) is 17.7. The smallest absolute Gasteiger partial charge is 0.256 e. The fourth-order valence-electron chi connectivity index (χ4n) is 5.66. The first-order valence-electron chi connectivity index (χ1n) is 10.3. The maximum atomic E-state index is 13.5. The van der Waals surface area contributed by atoms with Gasteiger partial charge >= 0.3 is 0 Å². The maximum Gasteiger partial charge on any atom is 0.256 e. The van der Waals surface area contributed by atoms with Crippen LogP contribution in [0.1, 0.15) is 40.4 Å². The Hall–Kier alpha value is -2.40. The molecule has 1 aromatic carbocycles. The molecule has 0 spiro atoms. The van der Waals surface area contributed by atoms with Crippen molar-refractivity contribution in [1.82, 2.24) is 14.8 Å². The molecule has 2 bridgehead atoms. The standard InChI is InChI=1S/C23H27N3O2/c1-15-19(4-3-11-24-15)23(27)26-14-20(16-5-7-18(28-2)8-6-16)22-21(26)17-9-12-25(22)13-10-17/h3-8,11,17,20-22H,9-10,12-14H2,1-2H3/t20-,21+,22+/m0/s1. The van der Waals surface area contributed by atoms with Gasteiger partial charge < -0.3 is 9.64 Å². The van der Waals surface area contributed by atoms with Crippen LogP contribution in [-0.4, -0.2) is 59.5 Å². The zero-order valence-electron chi connectivity index (χ0n) is 16.5. The summed E-state index contributed by atoms with van der Waals surface area (Å²) in [6.45, 7) is 5.03. The number of nitrogens with zero attached hydrogens (tertiary/aromatic N) is 3. The second-order valence-electron chi connectivity index (χ2n) is 8.33. The van der Waals surface area contributed by atoms with Crippen LogP contribution in [0.2, 0.25) is 0 Å². The number of ether oxygens (including phenoxy) is 1. The number of aryl methyl sites for hydroxylation is 1. The van der Waals surface area contributed by atoms with Crippen molar-refractivity contribution in [3.05, 3.63) is 59.4 Å². The highest BCUT2D eigenvalue weighted by Crippen LogP contribution is 2.47. The molecular formula is C23H27N3O2. The van der Waals surface area contributed by atoms with Crippen molar-refractivity contribution in [2.24, 2.45) is 5.92 Å². The van der Waals surface area contributed by atoms with Gasteiger partial charge in [-0.2, -0.15) is 0 Å². The number of rotatable bonds is 3. The van der Waals surface area contributed by atoms with Gasteiger partial charge in [-0.15, -0.1) is 0 Å². The Kier molecular flexibility index (Phi) is 4.35. The Bertz CT molecular complexity index is 874. The molecule has 0 radical (unpaired) electrons. The van der Waals surface area contributed by atoms with E-state index in [9.17, 15) is 4.79 Å². The number of fused-ring (bicyclic) bond motifs is 2. The van der Waals surface area contributed by atoms with Gasteiger partial charge in [-0.3, -0.25) is 14.7 Å². The number of hydrogen-bond donors (Lipinski definition) is 0. The number of pyridine rings is 1. The second-order valence-corrected chi connectivity index (χ2v) is 8.33. The molecule has 5 heterocycles. The summed E-state index contributed by atoms with van der Waals surface area (Å²) in [4.78, 5) is 22.7. The molecule has 4 fully saturated rings. The molecule has 4 aliphatic rings. The number of benzene rings is 1. The maximum absolute atomic E-state index is 13.5. The van der Waals surface area contributed by atoms with Gasteiger partial charge in [0.15, 0.2) is 0 Å². The van der Waals surface area contributed by atoms with E-state index >= 15 is 0 Å². The molecule has 5 nitrogen and oxygen atoms in total. The van der Waals surface area contributed by atoms with E-state index in [0.29, 0.717) is 23.9 Å². The molecule has 5 heteroatoms. The normalized spacial score (nSPS) is 30.9. The Morgan fingerprint density at radius 2 is 1.86 bits per heavy atom. The molecule has 3 atom stereocenters. The van der Waals surface area contributed by atoms with Gasteiger partial charge in [0.1, 0.15) is 5.75 Å². The third kappa shape index (κ3) is 2.72. The molecule has 146 valence electrons. The average molecular weight is 377 g/mol. The Balaban J connectivity index is 1.52. The van der Waals surface area contributed by atoms with Crippen LogP contribution in [0, 0.1) is 12.8 Å². The number of hydrogen-bond acceptors (Lipinski definition) is 4. The summed E-state index contributed by atoms with van der Waals surface area (Å²) >= 11 is 0. The molecule has 0 N–H and O–H groups in total. The monoisotopic (exact) mass is 377 g/mol. The van der Waals surface area contributed by atoms with E-state index in [-0.39, 0.29) is 5.91 Å². The number of amides is 1. The van der Waals surface area contributed by atoms with E-state index in [4.69, 9.17) is 4.74 Å². The summed E-state index contributed by atoms with van der Waals surface area (Å²) < 4.78 is 5.34. The van der Waals surface area contributed by atoms with Gasteiger partial charge in [-0.1, -0.05) is 12.1 Å². The van der Waals surface area contributed by atoms with Crippen LogP contribution >= 0.6 is 0 Å². The number of piperidine rings is 3. The van der Waals surface area contributed by atoms with Crippen molar-refractivity contribution in [2.45, 2.75) is 37.8 Å². The topological polar surface area (TPSA) is 45.7 Å². The van der Waals surface area contributed by atoms with Crippen molar-refractivity contribution in [3.63, 3.8) is 0 Å². The van der Waals surface area contributed by atoms with Gasteiger partial charge in [0.2, 0.25) is 0 Å². The zero-order chi connectivity index (χ0) is 19.3. The molecule has 0 unspecified atom stereocenters. The highest BCUT2D eigenvalue weighted by Gasteiger charge is 2.54. The predicted molar refractivity (Wildman–Crippen MR) is 108 cm³/mol. The quantitative estimate of drug-likeness (QED) is 0.825. The molecule has 4 aliphatic heterocycles. The van der Waals surface area contributed by atoms with Gasteiger partial charge in [0.25, 0.3) is 5.91 Å². The van der Waals surface area contributed by atoms with E-state index in [1.54, 1.807) is 13.3 Å². The predicted octanol–water partition coefficient (Wildman–Crippen LogP) is 3.10. The van der Waals surface area contributed by atoms with E-state index in [1.807, 2.05) is 31.2 Å². The first-order chi connectivity index (χ1) is 13.7. The second kappa shape index (κ2) is 6.89. The lowest BCUT2D eigenvalue weighted by molar-refractivity contribution is -0.00344. The van der Waals surface area contributed by atoms with E-state index in [1.165, 1.54) is 18.4 Å². The minimum atomic E-state index is 0.144. The molecule has 2 aromatic rings. The van der Waals surface area contributed by atoms with Crippen LogP contribution in [0.5, 0.6) is 5.75 Å². The van der Waals surface area contributed by atoms with Gasteiger partial charge in [0.05, 0.1) is 18.7 Å². The number of methoxy groups -OCH3 is 1. The lowest BCUT2D eigenvalue weighted by atomic mass is 9.75. The lowest BCUT2D eigenvalue weighted by Gasteiger charge is -2.51. The fraction of sp³-hybridized carbons (Fsp3) is 0.478. The van der Waals surface area contributed by atoms with Crippen LogP contribution in [0.15, 0.2) is 42.6 Å². The van der Waals surface area contributed by atoms with E-state index in [2.05, 4.69) is 26.9 Å².